The van der Waals surface area contributed by atoms with Crippen LogP contribution in [0.25, 0.3) is 0 Å². The van der Waals surface area contributed by atoms with E-state index in [9.17, 15) is 4.79 Å². The highest BCUT2D eigenvalue weighted by Crippen LogP contribution is 2.27. The van der Waals surface area contributed by atoms with Crippen LogP contribution in [0.2, 0.25) is 0 Å². The van der Waals surface area contributed by atoms with Crippen LogP contribution in [0.4, 0.5) is 0 Å². The highest BCUT2D eigenvalue weighted by Gasteiger charge is 2.32. The molecule has 21 heavy (non-hydrogen) atoms. The van der Waals surface area contributed by atoms with Crippen molar-refractivity contribution in [3.8, 4) is 0 Å². The first-order valence-corrected chi connectivity index (χ1v) is 8.05. The molecule has 124 valence electrons. The fraction of sp³-hybridized carbons (Fsp3) is 0.933. The maximum atomic E-state index is 12.2. The Hall–Kier alpha value is -0.0300. The number of piperidine rings is 1. The minimum absolute atomic E-state index is 0. The summed E-state index contributed by atoms with van der Waals surface area (Å²) in [5.41, 5.74) is 0. The minimum Gasteiger partial charge on any atom is -0.340 e. The van der Waals surface area contributed by atoms with E-state index < -0.39 is 0 Å². The zero-order valence-corrected chi connectivity index (χ0v) is 14.4. The van der Waals surface area contributed by atoms with Crippen molar-refractivity contribution in [1.82, 2.24) is 15.1 Å². The van der Waals surface area contributed by atoms with E-state index in [2.05, 4.69) is 15.1 Å². The van der Waals surface area contributed by atoms with Gasteiger partial charge in [-0.05, 0) is 51.1 Å². The normalized spacial score (nSPS) is 24.1. The average molecular weight is 338 g/mol. The molecule has 0 aromatic rings. The number of rotatable bonds is 4. The molecule has 2 saturated heterocycles. The Labute approximate surface area is 140 Å². The molecule has 0 aromatic carbocycles. The van der Waals surface area contributed by atoms with Crippen molar-refractivity contribution in [3.63, 3.8) is 0 Å². The molecular weight excluding hydrogens is 309 g/mol. The summed E-state index contributed by atoms with van der Waals surface area (Å²) in [5, 5.41) is 3.39. The second kappa shape index (κ2) is 9.19. The Kier molecular flexibility index (Phi) is 8.32. The Morgan fingerprint density at radius 2 is 1.57 bits per heavy atom. The third-order valence-corrected chi connectivity index (χ3v) is 4.96. The molecule has 4 nitrogen and oxygen atoms in total. The molecule has 0 bridgehead atoms. The molecule has 3 fully saturated rings. The van der Waals surface area contributed by atoms with Gasteiger partial charge in [0.15, 0.2) is 0 Å². The van der Waals surface area contributed by atoms with E-state index in [1.165, 1.54) is 25.7 Å². The molecule has 0 unspecified atom stereocenters. The number of carbonyl (C=O) groups excluding carboxylic acids is 1. The molecule has 3 aliphatic rings. The number of amides is 1. The summed E-state index contributed by atoms with van der Waals surface area (Å²) in [6, 6.07) is 0.854. The van der Waals surface area contributed by atoms with Gasteiger partial charge in [-0.15, -0.1) is 24.8 Å². The number of piperazine rings is 1. The van der Waals surface area contributed by atoms with Gasteiger partial charge in [0, 0.05) is 38.6 Å². The second-order valence-corrected chi connectivity index (χ2v) is 6.38. The minimum atomic E-state index is 0. The van der Waals surface area contributed by atoms with E-state index in [1.54, 1.807) is 0 Å². The van der Waals surface area contributed by atoms with Crippen LogP contribution in [0.5, 0.6) is 0 Å². The van der Waals surface area contributed by atoms with E-state index in [0.29, 0.717) is 5.91 Å². The van der Waals surface area contributed by atoms with Crippen LogP contribution in [-0.2, 0) is 4.79 Å². The standard InChI is InChI=1S/C15H27N3O.2ClH/c19-15(4-1-13-5-7-16-8-6-13)18-11-9-17(10-12-18)14-2-3-14;;/h13-14,16H,1-12H2;2*1H. The van der Waals surface area contributed by atoms with Crippen molar-refractivity contribution in [2.45, 2.75) is 44.6 Å². The fourth-order valence-corrected chi connectivity index (χ4v) is 3.43. The van der Waals surface area contributed by atoms with E-state index in [-0.39, 0.29) is 24.8 Å². The van der Waals surface area contributed by atoms with Crippen LogP contribution in [0, 0.1) is 5.92 Å². The SMILES string of the molecule is Cl.Cl.O=C(CCC1CCNCC1)N1CCN(C2CC2)CC1. The van der Waals surface area contributed by atoms with Crippen molar-refractivity contribution in [3.05, 3.63) is 0 Å². The van der Waals surface area contributed by atoms with Gasteiger partial charge in [0.05, 0.1) is 0 Å². The molecule has 1 amide bonds. The molecule has 3 rings (SSSR count). The van der Waals surface area contributed by atoms with E-state index in [1.807, 2.05) is 0 Å². The molecular formula is C15H29Cl2N3O. The van der Waals surface area contributed by atoms with E-state index in [4.69, 9.17) is 0 Å². The highest BCUT2D eigenvalue weighted by molar-refractivity contribution is 5.85. The molecule has 1 aliphatic carbocycles. The lowest BCUT2D eigenvalue weighted by Crippen LogP contribution is -2.49. The van der Waals surface area contributed by atoms with Gasteiger partial charge in [0.1, 0.15) is 0 Å². The van der Waals surface area contributed by atoms with Crippen LogP contribution in [0.3, 0.4) is 0 Å². The van der Waals surface area contributed by atoms with Crippen LogP contribution >= 0.6 is 24.8 Å². The van der Waals surface area contributed by atoms with Gasteiger partial charge < -0.3 is 10.2 Å². The Balaban J connectivity index is 0.00000110. The fourth-order valence-electron chi connectivity index (χ4n) is 3.43. The summed E-state index contributed by atoms with van der Waals surface area (Å²) in [5.74, 6) is 1.17. The summed E-state index contributed by atoms with van der Waals surface area (Å²) in [6.45, 7) is 6.40. The van der Waals surface area contributed by atoms with Crippen LogP contribution in [0.1, 0.15) is 38.5 Å². The maximum Gasteiger partial charge on any atom is 0.222 e. The number of hydrogen-bond acceptors (Lipinski definition) is 3. The predicted octanol–water partition coefficient (Wildman–Crippen LogP) is 1.92. The molecule has 1 saturated carbocycles. The molecule has 1 N–H and O–H groups in total. The third kappa shape index (κ3) is 5.59. The van der Waals surface area contributed by atoms with Crippen LogP contribution < -0.4 is 5.32 Å². The van der Waals surface area contributed by atoms with Gasteiger partial charge in [0.25, 0.3) is 0 Å². The summed E-state index contributed by atoms with van der Waals surface area (Å²) < 4.78 is 0. The molecule has 0 spiro atoms. The average Bonchev–Trinajstić information content (AvgIpc) is 3.31. The lowest BCUT2D eigenvalue weighted by atomic mass is 9.93. The summed E-state index contributed by atoms with van der Waals surface area (Å²) in [6.07, 6.45) is 7.14. The van der Waals surface area contributed by atoms with Crippen molar-refractivity contribution in [1.29, 1.82) is 0 Å². The number of halogens is 2. The lowest BCUT2D eigenvalue weighted by Gasteiger charge is -2.35. The molecule has 6 heteroatoms. The number of nitrogens with one attached hydrogen (secondary N) is 1. The lowest BCUT2D eigenvalue weighted by molar-refractivity contribution is -0.133. The topological polar surface area (TPSA) is 35.6 Å². The first-order valence-electron chi connectivity index (χ1n) is 8.05. The third-order valence-electron chi connectivity index (χ3n) is 4.96. The first-order chi connectivity index (χ1) is 9.33. The maximum absolute atomic E-state index is 12.2. The van der Waals surface area contributed by atoms with Crippen LogP contribution in [-0.4, -0.2) is 61.0 Å². The smallest absolute Gasteiger partial charge is 0.222 e. The zero-order chi connectivity index (χ0) is 13.1. The van der Waals surface area contributed by atoms with Crippen molar-refractivity contribution < 1.29 is 4.79 Å². The first kappa shape index (κ1) is 19.0. The number of nitrogens with zero attached hydrogens (tertiary/aromatic N) is 2. The second-order valence-electron chi connectivity index (χ2n) is 6.38. The molecule has 0 aromatic heterocycles. The zero-order valence-electron chi connectivity index (χ0n) is 12.8. The van der Waals surface area contributed by atoms with Crippen molar-refractivity contribution in [2.24, 2.45) is 5.92 Å². The Bertz CT molecular complexity index is 312. The van der Waals surface area contributed by atoms with Gasteiger partial charge in [-0.3, -0.25) is 9.69 Å². The molecule has 2 aliphatic heterocycles. The summed E-state index contributed by atoms with van der Waals surface area (Å²) in [7, 11) is 0. The van der Waals surface area contributed by atoms with Gasteiger partial charge >= 0.3 is 0 Å². The number of carbonyl (C=O) groups is 1. The van der Waals surface area contributed by atoms with Crippen molar-refractivity contribution in [2.75, 3.05) is 39.3 Å². The van der Waals surface area contributed by atoms with Crippen molar-refractivity contribution >= 4 is 30.7 Å². The molecule has 0 atom stereocenters. The predicted molar refractivity (Wildman–Crippen MR) is 90.5 cm³/mol. The monoisotopic (exact) mass is 337 g/mol. The highest BCUT2D eigenvalue weighted by atomic mass is 35.5. The van der Waals surface area contributed by atoms with E-state index in [0.717, 1.165) is 64.1 Å². The van der Waals surface area contributed by atoms with E-state index >= 15 is 0 Å². The summed E-state index contributed by atoms with van der Waals surface area (Å²) in [4.78, 5) is 16.9. The quantitative estimate of drug-likeness (QED) is 0.851. The van der Waals surface area contributed by atoms with Gasteiger partial charge in [-0.25, -0.2) is 0 Å². The van der Waals surface area contributed by atoms with Gasteiger partial charge in [-0.2, -0.15) is 0 Å². The molecule has 2 heterocycles. The largest absolute Gasteiger partial charge is 0.340 e. The Morgan fingerprint density at radius 3 is 2.14 bits per heavy atom. The number of hydrogen-bond donors (Lipinski definition) is 1. The molecule has 0 radical (unpaired) electrons. The van der Waals surface area contributed by atoms with Gasteiger partial charge in [-0.1, -0.05) is 0 Å². The Morgan fingerprint density at radius 1 is 0.952 bits per heavy atom. The van der Waals surface area contributed by atoms with Crippen LogP contribution in [0.15, 0.2) is 0 Å². The summed E-state index contributed by atoms with van der Waals surface area (Å²) >= 11 is 0. The van der Waals surface area contributed by atoms with Gasteiger partial charge in [0.2, 0.25) is 5.91 Å².